The molecule has 2 aliphatic rings. The molecule has 0 aliphatic carbocycles. The molecule has 2 heterocycles. The first-order valence-electron chi connectivity index (χ1n) is 10.2. The predicted octanol–water partition coefficient (Wildman–Crippen LogP) is 2.19. The van der Waals surface area contributed by atoms with Gasteiger partial charge in [-0.3, -0.25) is 9.59 Å². The van der Waals surface area contributed by atoms with Crippen LogP contribution in [-0.2, 0) is 16.1 Å². The van der Waals surface area contributed by atoms with Crippen molar-refractivity contribution in [2.75, 3.05) is 13.4 Å². The molecule has 0 radical (unpaired) electrons. The van der Waals surface area contributed by atoms with Gasteiger partial charge in [-0.25, -0.2) is 0 Å². The topological polar surface area (TPSA) is 106 Å². The van der Waals surface area contributed by atoms with Gasteiger partial charge in [-0.1, -0.05) is 35.9 Å². The van der Waals surface area contributed by atoms with Crippen LogP contribution >= 0.6 is 11.6 Å². The zero-order valence-electron chi connectivity index (χ0n) is 17.1. The molecule has 0 saturated carbocycles. The molecule has 32 heavy (non-hydrogen) atoms. The molecule has 0 saturated heterocycles. The minimum Gasteiger partial charge on any atom is -0.454 e. The summed E-state index contributed by atoms with van der Waals surface area (Å²) in [5, 5.41) is 16.0. The first kappa shape index (κ1) is 22.1. The molecule has 8 nitrogen and oxygen atoms in total. The Hall–Kier alpha value is -3.07. The summed E-state index contributed by atoms with van der Waals surface area (Å²) in [5.41, 5.74) is 1.34. The molecule has 168 valence electrons. The Labute approximate surface area is 190 Å². The van der Waals surface area contributed by atoms with Gasteiger partial charge in [0, 0.05) is 17.1 Å². The fourth-order valence-corrected chi connectivity index (χ4v) is 3.59. The van der Waals surface area contributed by atoms with Gasteiger partial charge >= 0.3 is 0 Å². The number of rotatable bonds is 7. The number of benzene rings is 2. The fraction of sp³-hybridized carbons (Fsp3) is 0.304. The van der Waals surface area contributed by atoms with Gasteiger partial charge in [0.1, 0.15) is 6.10 Å². The summed E-state index contributed by atoms with van der Waals surface area (Å²) < 4.78 is 16.4. The lowest BCUT2D eigenvalue weighted by molar-refractivity contribution is -0.125. The summed E-state index contributed by atoms with van der Waals surface area (Å²) in [4.78, 5) is 24.9. The zero-order chi connectivity index (χ0) is 22.5. The van der Waals surface area contributed by atoms with Gasteiger partial charge in [0.25, 0.3) is 5.91 Å². The van der Waals surface area contributed by atoms with E-state index in [2.05, 4.69) is 10.6 Å². The molecule has 2 amide bonds. The van der Waals surface area contributed by atoms with Gasteiger partial charge in [0.15, 0.2) is 11.5 Å². The van der Waals surface area contributed by atoms with Crippen molar-refractivity contribution in [3.8, 4) is 11.5 Å². The van der Waals surface area contributed by atoms with Crippen LogP contribution in [0.25, 0.3) is 0 Å². The highest BCUT2D eigenvalue weighted by molar-refractivity contribution is 6.30. The van der Waals surface area contributed by atoms with Gasteiger partial charge in [-0.15, -0.1) is 0 Å². The summed E-state index contributed by atoms with van der Waals surface area (Å²) in [6, 6.07) is 11.6. The van der Waals surface area contributed by atoms with Crippen LogP contribution in [0.15, 0.2) is 54.6 Å². The smallest absolute Gasteiger partial charge is 0.251 e. The molecule has 2 aliphatic heterocycles. The first-order chi connectivity index (χ1) is 15.5. The third-order valence-electron chi connectivity index (χ3n) is 5.19. The summed E-state index contributed by atoms with van der Waals surface area (Å²) in [5.74, 6) is 0.581. The van der Waals surface area contributed by atoms with Crippen molar-refractivity contribution < 1.29 is 28.9 Å². The van der Waals surface area contributed by atoms with Crippen molar-refractivity contribution in [1.29, 1.82) is 0 Å². The number of ether oxygens (including phenoxy) is 3. The van der Waals surface area contributed by atoms with Crippen LogP contribution in [-0.4, -0.2) is 48.6 Å². The van der Waals surface area contributed by atoms with Crippen molar-refractivity contribution in [3.63, 3.8) is 0 Å². The lowest BCUT2D eigenvalue weighted by Gasteiger charge is -2.31. The Bertz CT molecular complexity index is 1010. The van der Waals surface area contributed by atoms with Crippen LogP contribution in [0.2, 0.25) is 5.02 Å². The van der Waals surface area contributed by atoms with E-state index in [0.29, 0.717) is 28.6 Å². The molecular weight excluding hydrogens is 436 g/mol. The third kappa shape index (κ3) is 5.40. The van der Waals surface area contributed by atoms with Gasteiger partial charge in [0.2, 0.25) is 12.7 Å². The molecule has 0 aromatic heterocycles. The van der Waals surface area contributed by atoms with Gasteiger partial charge in [-0.2, -0.15) is 0 Å². The number of hydrogen-bond donors (Lipinski definition) is 3. The Kier molecular flexibility index (Phi) is 6.94. The highest BCUT2D eigenvalue weighted by Crippen LogP contribution is 2.32. The number of fused-ring (bicyclic) bond motifs is 1. The van der Waals surface area contributed by atoms with Crippen molar-refractivity contribution in [2.45, 2.75) is 31.2 Å². The molecule has 9 heteroatoms. The minimum absolute atomic E-state index is 0.101. The molecule has 4 rings (SSSR count). The first-order valence-corrected chi connectivity index (χ1v) is 10.6. The Morgan fingerprint density at radius 3 is 2.62 bits per heavy atom. The third-order valence-corrected chi connectivity index (χ3v) is 5.44. The number of carbonyl (C=O) groups is 2. The average Bonchev–Trinajstić information content (AvgIpc) is 3.27. The summed E-state index contributed by atoms with van der Waals surface area (Å²) >= 11 is 5.86. The summed E-state index contributed by atoms with van der Waals surface area (Å²) in [6.07, 6.45) is 2.39. The van der Waals surface area contributed by atoms with E-state index >= 15 is 0 Å². The Morgan fingerprint density at radius 2 is 1.84 bits per heavy atom. The molecule has 0 spiro atoms. The molecule has 2 aromatic rings. The fourth-order valence-electron chi connectivity index (χ4n) is 3.47. The highest BCUT2D eigenvalue weighted by atomic mass is 35.5. The summed E-state index contributed by atoms with van der Waals surface area (Å²) in [6.45, 7) is 0.199. The lowest BCUT2D eigenvalue weighted by Crippen LogP contribution is -2.49. The zero-order valence-corrected chi connectivity index (χ0v) is 17.9. The van der Waals surface area contributed by atoms with E-state index in [0.717, 1.165) is 5.56 Å². The van der Waals surface area contributed by atoms with Crippen molar-refractivity contribution in [3.05, 3.63) is 70.8 Å². The average molecular weight is 459 g/mol. The molecule has 3 N–H and O–H groups in total. The second-order valence-corrected chi connectivity index (χ2v) is 7.89. The molecule has 0 fully saturated rings. The van der Waals surface area contributed by atoms with Gasteiger partial charge in [0.05, 0.1) is 25.2 Å². The van der Waals surface area contributed by atoms with Gasteiger partial charge < -0.3 is 30.0 Å². The van der Waals surface area contributed by atoms with E-state index in [-0.39, 0.29) is 31.6 Å². The van der Waals surface area contributed by atoms with E-state index in [1.807, 2.05) is 12.1 Å². The van der Waals surface area contributed by atoms with Crippen LogP contribution in [0.4, 0.5) is 0 Å². The standard InChI is InChI=1S/C23H23ClN2O6/c24-16-4-1-14(2-5-16)11-25-22(28)10-17-6-7-18(21(12-27)32-17)26-23(29)15-3-8-19-20(9-15)31-13-30-19/h1-9,17-18,21,27H,10-13H2,(H,25,28)(H,26,29)/t17-,18+,21-/m0/s1. The monoisotopic (exact) mass is 458 g/mol. The van der Waals surface area contributed by atoms with E-state index in [9.17, 15) is 14.7 Å². The molecule has 0 bridgehead atoms. The van der Waals surface area contributed by atoms with Gasteiger partial charge in [-0.05, 0) is 35.9 Å². The second kappa shape index (κ2) is 10.0. The maximum absolute atomic E-state index is 12.6. The lowest BCUT2D eigenvalue weighted by atomic mass is 10.0. The Morgan fingerprint density at radius 1 is 1.06 bits per heavy atom. The van der Waals surface area contributed by atoms with E-state index in [4.69, 9.17) is 25.8 Å². The van der Waals surface area contributed by atoms with E-state index in [1.54, 1.807) is 42.5 Å². The van der Waals surface area contributed by atoms with Crippen LogP contribution in [0.5, 0.6) is 11.5 Å². The number of carbonyl (C=O) groups excluding carboxylic acids is 2. The maximum Gasteiger partial charge on any atom is 0.251 e. The number of amides is 2. The van der Waals surface area contributed by atoms with E-state index < -0.39 is 18.2 Å². The molecule has 3 atom stereocenters. The molecule has 2 aromatic carbocycles. The number of hydrogen-bond acceptors (Lipinski definition) is 6. The largest absolute Gasteiger partial charge is 0.454 e. The Balaban J connectivity index is 1.30. The van der Waals surface area contributed by atoms with E-state index in [1.165, 1.54) is 0 Å². The SMILES string of the molecule is O=C(C[C@@H]1C=C[C@@H](NC(=O)c2ccc3c(c2)OCO3)[C@H](CO)O1)NCc1ccc(Cl)cc1. The predicted molar refractivity (Wildman–Crippen MR) is 117 cm³/mol. The normalized spacial score (nSPS) is 21.2. The second-order valence-electron chi connectivity index (χ2n) is 7.46. The summed E-state index contributed by atoms with van der Waals surface area (Å²) in [7, 11) is 0. The number of aliphatic hydroxyl groups is 1. The number of halogens is 1. The quantitative estimate of drug-likeness (QED) is 0.549. The van der Waals surface area contributed by atoms with Crippen LogP contribution < -0.4 is 20.1 Å². The van der Waals surface area contributed by atoms with Crippen molar-refractivity contribution in [1.82, 2.24) is 10.6 Å². The number of nitrogens with one attached hydrogen (secondary N) is 2. The van der Waals surface area contributed by atoms with Crippen molar-refractivity contribution in [2.24, 2.45) is 0 Å². The molecule has 0 unspecified atom stereocenters. The van der Waals surface area contributed by atoms with Crippen LogP contribution in [0.3, 0.4) is 0 Å². The minimum atomic E-state index is -0.674. The molecular formula is C23H23ClN2O6. The van der Waals surface area contributed by atoms with Crippen molar-refractivity contribution >= 4 is 23.4 Å². The maximum atomic E-state index is 12.6. The highest BCUT2D eigenvalue weighted by Gasteiger charge is 2.29. The van der Waals surface area contributed by atoms with Crippen LogP contribution in [0, 0.1) is 0 Å². The number of aliphatic hydroxyl groups excluding tert-OH is 1. The van der Waals surface area contributed by atoms with Crippen LogP contribution in [0.1, 0.15) is 22.3 Å².